The van der Waals surface area contributed by atoms with Crippen LogP contribution in [-0.2, 0) is 5.60 Å². The molecule has 0 bridgehead atoms. The van der Waals surface area contributed by atoms with Gasteiger partial charge in [-0.15, -0.1) is 0 Å². The minimum Gasteiger partial charge on any atom is -0.385 e. The van der Waals surface area contributed by atoms with Crippen LogP contribution in [0.2, 0.25) is 0 Å². The predicted molar refractivity (Wildman–Crippen MR) is 60.2 cm³/mol. The molecule has 0 aromatic carbocycles. The molecule has 3 nitrogen and oxygen atoms in total. The van der Waals surface area contributed by atoms with E-state index in [1.165, 1.54) is 6.42 Å². The molecule has 1 heterocycles. The first kappa shape index (κ1) is 10.4. The maximum absolute atomic E-state index is 10.7. The maximum Gasteiger partial charge on any atom is 0.129 e. The first-order valence-corrected chi connectivity index (χ1v) is 5.58. The van der Waals surface area contributed by atoms with Crippen molar-refractivity contribution in [2.75, 3.05) is 5.73 Å². The van der Waals surface area contributed by atoms with Crippen LogP contribution in [0.15, 0.2) is 18.3 Å². The summed E-state index contributed by atoms with van der Waals surface area (Å²) in [5, 5.41) is 10.7. The van der Waals surface area contributed by atoms with Gasteiger partial charge in [-0.3, -0.25) is 0 Å². The molecule has 1 aliphatic rings. The van der Waals surface area contributed by atoms with E-state index in [2.05, 4.69) is 11.9 Å². The largest absolute Gasteiger partial charge is 0.385 e. The zero-order valence-corrected chi connectivity index (χ0v) is 9.11. The molecule has 0 radical (unpaired) electrons. The van der Waals surface area contributed by atoms with Crippen LogP contribution in [0.25, 0.3) is 0 Å². The fourth-order valence-corrected chi connectivity index (χ4v) is 2.51. The molecule has 0 spiro atoms. The van der Waals surface area contributed by atoms with Gasteiger partial charge >= 0.3 is 0 Å². The van der Waals surface area contributed by atoms with Crippen LogP contribution in [0, 0.1) is 5.92 Å². The summed E-state index contributed by atoms with van der Waals surface area (Å²) in [6.07, 6.45) is 5.78. The molecule has 0 amide bonds. The Labute approximate surface area is 90.3 Å². The quantitative estimate of drug-likeness (QED) is 0.739. The summed E-state index contributed by atoms with van der Waals surface area (Å²) in [7, 11) is 0. The third kappa shape index (κ3) is 1.72. The van der Waals surface area contributed by atoms with Gasteiger partial charge < -0.3 is 10.8 Å². The smallest absolute Gasteiger partial charge is 0.129 e. The third-order valence-corrected chi connectivity index (χ3v) is 3.57. The van der Waals surface area contributed by atoms with E-state index in [0.717, 1.165) is 24.8 Å². The van der Waals surface area contributed by atoms with Gasteiger partial charge in [0, 0.05) is 11.8 Å². The summed E-state index contributed by atoms with van der Waals surface area (Å²) in [5.74, 6) is 0.728. The monoisotopic (exact) mass is 206 g/mol. The third-order valence-electron chi connectivity index (χ3n) is 3.57. The number of nitrogens with two attached hydrogens (primary N) is 1. The van der Waals surface area contributed by atoms with E-state index in [0.29, 0.717) is 5.82 Å². The van der Waals surface area contributed by atoms with Crippen molar-refractivity contribution in [3.63, 3.8) is 0 Å². The average molecular weight is 206 g/mol. The molecule has 82 valence electrons. The number of anilines is 1. The Balaban J connectivity index is 2.39. The number of hydrogen-bond acceptors (Lipinski definition) is 3. The van der Waals surface area contributed by atoms with Crippen LogP contribution in [0.5, 0.6) is 0 Å². The fraction of sp³-hybridized carbons (Fsp3) is 0.583. The molecule has 2 rings (SSSR count). The summed E-state index contributed by atoms with van der Waals surface area (Å²) >= 11 is 0. The lowest BCUT2D eigenvalue weighted by atomic mass is 9.72. The summed E-state index contributed by atoms with van der Waals surface area (Å²) in [6, 6.07) is 3.73. The van der Waals surface area contributed by atoms with E-state index < -0.39 is 5.60 Å². The molecule has 15 heavy (non-hydrogen) atoms. The lowest BCUT2D eigenvalue weighted by Crippen LogP contribution is -2.37. The minimum absolute atomic E-state index is 0.262. The van der Waals surface area contributed by atoms with Crippen molar-refractivity contribution >= 4 is 5.82 Å². The SMILES string of the molecule is CC1CCCCC1(O)c1cccnc1N. The average Bonchev–Trinajstić information content (AvgIpc) is 2.23. The summed E-state index contributed by atoms with van der Waals surface area (Å²) in [6.45, 7) is 2.09. The zero-order chi connectivity index (χ0) is 10.9. The van der Waals surface area contributed by atoms with Crippen LogP contribution >= 0.6 is 0 Å². The van der Waals surface area contributed by atoms with Crippen molar-refractivity contribution in [2.45, 2.75) is 38.2 Å². The van der Waals surface area contributed by atoms with E-state index in [1.54, 1.807) is 6.20 Å². The van der Waals surface area contributed by atoms with Crippen molar-refractivity contribution in [3.05, 3.63) is 23.9 Å². The summed E-state index contributed by atoms with van der Waals surface area (Å²) in [5.41, 5.74) is 5.86. The maximum atomic E-state index is 10.7. The highest BCUT2D eigenvalue weighted by Crippen LogP contribution is 2.42. The van der Waals surface area contributed by atoms with E-state index in [9.17, 15) is 5.11 Å². The molecule has 1 aromatic rings. The van der Waals surface area contributed by atoms with Crippen LogP contribution in [0.1, 0.15) is 38.2 Å². The first-order chi connectivity index (χ1) is 7.14. The van der Waals surface area contributed by atoms with E-state index >= 15 is 0 Å². The molecule has 1 fully saturated rings. The Morgan fingerprint density at radius 1 is 1.53 bits per heavy atom. The molecule has 0 saturated heterocycles. The van der Waals surface area contributed by atoms with Gasteiger partial charge in [0.2, 0.25) is 0 Å². The molecular formula is C12H18N2O. The van der Waals surface area contributed by atoms with Crippen LogP contribution < -0.4 is 5.73 Å². The fourth-order valence-electron chi connectivity index (χ4n) is 2.51. The first-order valence-electron chi connectivity index (χ1n) is 5.58. The highest BCUT2D eigenvalue weighted by atomic mass is 16.3. The van der Waals surface area contributed by atoms with E-state index in [-0.39, 0.29) is 5.92 Å². The Bertz CT molecular complexity index is 353. The molecule has 2 atom stereocenters. The number of nitrogens with zero attached hydrogens (tertiary/aromatic N) is 1. The number of aromatic nitrogens is 1. The van der Waals surface area contributed by atoms with Crippen molar-refractivity contribution in [3.8, 4) is 0 Å². The van der Waals surface area contributed by atoms with Gasteiger partial charge in [0.05, 0.1) is 5.60 Å². The van der Waals surface area contributed by atoms with E-state index in [1.807, 2.05) is 12.1 Å². The van der Waals surface area contributed by atoms with Crippen molar-refractivity contribution in [1.82, 2.24) is 4.98 Å². The Hall–Kier alpha value is -1.09. The predicted octanol–water partition coefficient (Wildman–Crippen LogP) is 2.06. The lowest BCUT2D eigenvalue weighted by Gasteiger charge is -2.38. The molecule has 1 aromatic heterocycles. The molecule has 3 N–H and O–H groups in total. The topological polar surface area (TPSA) is 59.1 Å². The summed E-state index contributed by atoms with van der Waals surface area (Å²) < 4.78 is 0. The van der Waals surface area contributed by atoms with Gasteiger partial charge in [-0.2, -0.15) is 0 Å². The molecule has 1 saturated carbocycles. The second kappa shape index (κ2) is 3.81. The van der Waals surface area contributed by atoms with Crippen molar-refractivity contribution in [2.24, 2.45) is 5.92 Å². The normalized spacial score (nSPS) is 31.5. The van der Waals surface area contributed by atoms with Gasteiger partial charge in [-0.05, 0) is 24.8 Å². The number of aliphatic hydroxyl groups is 1. The minimum atomic E-state index is -0.767. The van der Waals surface area contributed by atoms with Gasteiger partial charge in [0.15, 0.2) is 0 Å². The van der Waals surface area contributed by atoms with Gasteiger partial charge in [0.25, 0.3) is 0 Å². The standard InChI is InChI=1S/C12H18N2O/c1-9-5-2-3-7-12(9,15)10-6-4-8-14-11(10)13/h4,6,8-9,15H,2-3,5,7H2,1H3,(H2,13,14). The van der Waals surface area contributed by atoms with Crippen molar-refractivity contribution < 1.29 is 5.11 Å². The van der Waals surface area contributed by atoms with Crippen LogP contribution in [-0.4, -0.2) is 10.1 Å². The van der Waals surface area contributed by atoms with Gasteiger partial charge in [-0.25, -0.2) is 4.98 Å². The number of hydrogen-bond donors (Lipinski definition) is 2. The molecule has 1 aliphatic carbocycles. The number of rotatable bonds is 1. The number of pyridine rings is 1. The summed E-state index contributed by atoms with van der Waals surface area (Å²) in [4.78, 5) is 4.05. The molecule has 3 heteroatoms. The van der Waals surface area contributed by atoms with Crippen LogP contribution in [0.4, 0.5) is 5.82 Å². The van der Waals surface area contributed by atoms with Crippen LogP contribution in [0.3, 0.4) is 0 Å². The highest BCUT2D eigenvalue weighted by Gasteiger charge is 2.39. The second-order valence-electron chi connectivity index (χ2n) is 4.51. The highest BCUT2D eigenvalue weighted by molar-refractivity contribution is 5.43. The van der Waals surface area contributed by atoms with Gasteiger partial charge in [0.1, 0.15) is 5.82 Å². The number of nitrogen functional groups attached to an aromatic ring is 1. The zero-order valence-electron chi connectivity index (χ0n) is 9.11. The Kier molecular flexibility index (Phi) is 2.65. The molecule has 0 aliphatic heterocycles. The molecular weight excluding hydrogens is 188 g/mol. The van der Waals surface area contributed by atoms with Gasteiger partial charge in [-0.1, -0.05) is 25.8 Å². The Morgan fingerprint density at radius 2 is 2.33 bits per heavy atom. The Morgan fingerprint density at radius 3 is 3.00 bits per heavy atom. The van der Waals surface area contributed by atoms with Crippen molar-refractivity contribution in [1.29, 1.82) is 0 Å². The second-order valence-corrected chi connectivity index (χ2v) is 4.51. The lowest BCUT2D eigenvalue weighted by molar-refractivity contribution is -0.0465. The van der Waals surface area contributed by atoms with E-state index in [4.69, 9.17) is 5.73 Å². The molecule has 2 unspecified atom stereocenters.